The Morgan fingerprint density at radius 3 is 3.00 bits per heavy atom. The summed E-state index contributed by atoms with van der Waals surface area (Å²) in [6.45, 7) is 3.35. The minimum Gasteiger partial charge on any atom is -0.365 e. The molecule has 1 aromatic rings. The first-order valence-electron chi connectivity index (χ1n) is 6.37. The Labute approximate surface area is 107 Å². The van der Waals surface area contributed by atoms with Crippen molar-refractivity contribution in [3.63, 3.8) is 0 Å². The molecule has 18 heavy (non-hydrogen) atoms. The summed E-state index contributed by atoms with van der Waals surface area (Å²) in [4.78, 5) is 18.1. The van der Waals surface area contributed by atoms with E-state index in [1.165, 1.54) is 6.42 Å². The second-order valence-corrected chi connectivity index (χ2v) is 4.77. The first-order valence-corrected chi connectivity index (χ1v) is 6.37. The maximum atomic E-state index is 11.6. The van der Waals surface area contributed by atoms with Crippen LogP contribution in [0.3, 0.4) is 0 Å². The molecule has 0 saturated carbocycles. The number of carbonyl (C=O) groups excluding carboxylic acids is 1. The number of rotatable bonds is 3. The molecule has 0 aromatic carbocycles. The van der Waals surface area contributed by atoms with Crippen LogP contribution >= 0.6 is 0 Å². The lowest BCUT2D eigenvalue weighted by molar-refractivity contribution is 0.0999. The molecule has 5 nitrogen and oxygen atoms in total. The molecule has 1 saturated heterocycles. The number of anilines is 1. The number of hydrogen-bond acceptors (Lipinski definition) is 4. The SMILES string of the molecule is Cc1ccnc(N2CCCCC2CN)c1C(N)=O. The lowest BCUT2D eigenvalue weighted by Crippen LogP contribution is -2.45. The molecule has 5 heteroatoms. The molecule has 2 rings (SSSR count). The minimum atomic E-state index is -0.419. The second-order valence-electron chi connectivity index (χ2n) is 4.77. The average Bonchev–Trinajstić information content (AvgIpc) is 2.38. The molecule has 1 aliphatic rings. The van der Waals surface area contributed by atoms with Crippen LogP contribution in [0.5, 0.6) is 0 Å². The predicted octanol–water partition coefficient (Wildman–Crippen LogP) is 0.807. The van der Waals surface area contributed by atoms with E-state index in [-0.39, 0.29) is 6.04 Å². The van der Waals surface area contributed by atoms with E-state index in [4.69, 9.17) is 11.5 Å². The number of hydrogen-bond donors (Lipinski definition) is 2. The van der Waals surface area contributed by atoms with E-state index >= 15 is 0 Å². The van der Waals surface area contributed by atoms with Gasteiger partial charge in [0.1, 0.15) is 5.82 Å². The van der Waals surface area contributed by atoms with Crippen molar-refractivity contribution in [2.75, 3.05) is 18.0 Å². The number of amides is 1. The van der Waals surface area contributed by atoms with Crippen LogP contribution in [0.15, 0.2) is 12.3 Å². The summed E-state index contributed by atoms with van der Waals surface area (Å²) >= 11 is 0. The highest BCUT2D eigenvalue weighted by molar-refractivity contribution is 5.99. The first-order chi connectivity index (χ1) is 8.65. The molecule has 1 unspecified atom stereocenters. The molecule has 98 valence electrons. The Kier molecular flexibility index (Phi) is 3.81. The number of aryl methyl sites for hydroxylation is 1. The summed E-state index contributed by atoms with van der Waals surface area (Å²) in [5.41, 5.74) is 12.7. The monoisotopic (exact) mass is 248 g/mol. The topological polar surface area (TPSA) is 85.2 Å². The van der Waals surface area contributed by atoms with Gasteiger partial charge in [0.15, 0.2) is 0 Å². The number of nitrogens with two attached hydrogens (primary N) is 2. The maximum Gasteiger partial charge on any atom is 0.252 e. The van der Waals surface area contributed by atoms with Gasteiger partial charge in [0.2, 0.25) is 0 Å². The van der Waals surface area contributed by atoms with Crippen LogP contribution in [0.2, 0.25) is 0 Å². The fourth-order valence-corrected chi connectivity index (χ4v) is 2.59. The van der Waals surface area contributed by atoms with Crippen molar-refractivity contribution in [2.45, 2.75) is 32.2 Å². The largest absolute Gasteiger partial charge is 0.365 e. The van der Waals surface area contributed by atoms with Crippen molar-refractivity contribution in [2.24, 2.45) is 11.5 Å². The number of primary amides is 1. The summed E-state index contributed by atoms with van der Waals surface area (Å²) in [7, 11) is 0. The van der Waals surface area contributed by atoms with E-state index in [9.17, 15) is 4.79 Å². The summed E-state index contributed by atoms with van der Waals surface area (Å²) in [6.07, 6.45) is 5.05. The molecule has 1 amide bonds. The number of nitrogens with zero attached hydrogens (tertiary/aromatic N) is 2. The highest BCUT2D eigenvalue weighted by atomic mass is 16.1. The van der Waals surface area contributed by atoms with Gasteiger partial charge in [-0.25, -0.2) is 4.98 Å². The van der Waals surface area contributed by atoms with Gasteiger partial charge in [0, 0.05) is 25.3 Å². The average molecular weight is 248 g/mol. The molecule has 1 aliphatic heterocycles. The van der Waals surface area contributed by atoms with Crippen LogP contribution in [-0.2, 0) is 0 Å². The molecular formula is C13H20N4O. The third kappa shape index (κ3) is 2.31. The standard InChI is InChI=1S/C13H20N4O/c1-9-5-6-16-13(11(9)12(15)18)17-7-3-2-4-10(17)8-14/h5-6,10H,2-4,7-8,14H2,1H3,(H2,15,18). The Hall–Kier alpha value is -1.62. The molecule has 1 atom stereocenters. The summed E-state index contributed by atoms with van der Waals surface area (Å²) in [6, 6.07) is 2.07. The van der Waals surface area contributed by atoms with Crippen LogP contribution in [-0.4, -0.2) is 30.0 Å². The summed E-state index contributed by atoms with van der Waals surface area (Å²) < 4.78 is 0. The van der Waals surface area contributed by atoms with E-state index in [0.717, 1.165) is 24.9 Å². The second kappa shape index (κ2) is 5.35. The smallest absolute Gasteiger partial charge is 0.252 e. The van der Waals surface area contributed by atoms with Crippen molar-refractivity contribution in [1.29, 1.82) is 0 Å². The van der Waals surface area contributed by atoms with E-state index < -0.39 is 5.91 Å². The van der Waals surface area contributed by atoms with Gasteiger partial charge in [-0.15, -0.1) is 0 Å². The van der Waals surface area contributed by atoms with Crippen molar-refractivity contribution >= 4 is 11.7 Å². The van der Waals surface area contributed by atoms with Gasteiger partial charge in [0.25, 0.3) is 5.91 Å². The van der Waals surface area contributed by atoms with Crippen molar-refractivity contribution in [3.05, 3.63) is 23.4 Å². The Balaban J connectivity index is 2.42. The molecule has 4 N–H and O–H groups in total. The highest BCUT2D eigenvalue weighted by Crippen LogP contribution is 2.27. The molecule has 0 spiro atoms. The molecule has 1 fully saturated rings. The molecule has 1 aromatic heterocycles. The number of piperidine rings is 1. The van der Waals surface area contributed by atoms with Gasteiger partial charge in [-0.3, -0.25) is 4.79 Å². The number of pyridine rings is 1. The minimum absolute atomic E-state index is 0.256. The quantitative estimate of drug-likeness (QED) is 0.828. The van der Waals surface area contributed by atoms with Crippen LogP contribution in [0.25, 0.3) is 0 Å². The zero-order valence-electron chi connectivity index (χ0n) is 10.7. The van der Waals surface area contributed by atoms with Gasteiger partial charge in [-0.05, 0) is 37.8 Å². The van der Waals surface area contributed by atoms with E-state index in [1.807, 2.05) is 13.0 Å². The lowest BCUT2D eigenvalue weighted by atomic mass is 10.0. The van der Waals surface area contributed by atoms with Crippen molar-refractivity contribution in [3.8, 4) is 0 Å². The molecular weight excluding hydrogens is 228 g/mol. The Bertz CT molecular complexity index is 447. The highest BCUT2D eigenvalue weighted by Gasteiger charge is 2.26. The predicted molar refractivity (Wildman–Crippen MR) is 71.5 cm³/mol. The maximum absolute atomic E-state index is 11.6. The van der Waals surface area contributed by atoms with Gasteiger partial charge in [0.05, 0.1) is 5.56 Å². The van der Waals surface area contributed by atoms with Crippen molar-refractivity contribution in [1.82, 2.24) is 4.98 Å². The van der Waals surface area contributed by atoms with Crippen LogP contribution in [0, 0.1) is 6.92 Å². The third-order valence-electron chi connectivity index (χ3n) is 3.56. The number of carbonyl (C=O) groups is 1. The van der Waals surface area contributed by atoms with Gasteiger partial charge >= 0.3 is 0 Å². The van der Waals surface area contributed by atoms with Crippen LogP contribution in [0.4, 0.5) is 5.82 Å². The zero-order chi connectivity index (χ0) is 13.1. The lowest BCUT2D eigenvalue weighted by Gasteiger charge is -2.37. The first kappa shape index (κ1) is 12.8. The zero-order valence-corrected chi connectivity index (χ0v) is 10.7. The normalized spacial score (nSPS) is 19.9. The van der Waals surface area contributed by atoms with Gasteiger partial charge < -0.3 is 16.4 Å². The summed E-state index contributed by atoms with van der Waals surface area (Å²) in [5.74, 6) is 0.273. The van der Waals surface area contributed by atoms with Gasteiger partial charge in [-0.2, -0.15) is 0 Å². The van der Waals surface area contributed by atoms with Crippen LogP contribution < -0.4 is 16.4 Å². The van der Waals surface area contributed by atoms with E-state index in [2.05, 4.69) is 9.88 Å². The van der Waals surface area contributed by atoms with Crippen molar-refractivity contribution < 1.29 is 4.79 Å². The van der Waals surface area contributed by atoms with Gasteiger partial charge in [-0.1, -0.05) is 0 Å². The molecule has 0 aliphatic carbocycles. The Morgan fingerprint density at radius 1 is 1.56 bits per heavy atom. The fourth-order valence-electron chi connectivity index (χ4n) is 2.59. The van der Waals surface area contributed by atoms with E-state index in [0.29, 0.717) is 17.9 Å². The fraction of sp³-hybridized carbons (Fsp3) is 0.538. The van der Waals surface area contributed by atoms with Crippen LogP contribution in [0.1, 0.15) is 35.2 Å². The molecule has 0 radical (unpaired) electrons. The Morgan fingerprint density at radius 2 is 2.33 bits per heavy atom. The molecule has 2 heterocycles. The number of aromatic nitrogens is 1. The third-order valence-corrected chi connectivity index (χ3v) is 3.56. The summed E-state index contributed by atoms with van der Waals surface area (Å²) in [5, 5.41) is 0. The molecule has 0 bridgehead atoms. The van der Waals surface area contributed by atoms with E-state index in [1.54, 1.807) is 6.20 Å².